The Morgan fingerprint density at radius 3 is 2.71 bits per heavy atom. The molecule has 0 atom stereocenters. The molecule has 5 rings (SSSR count). The summed E-state index contributed by atoms with van der Waals surface area (Å²) in [5.74, 6) is -0.426. The van der Waals surface area contributed by atoms with Gasteiger partial charge in [0, 0.05) is 50.4 Å². The summed E-state index contributed by atoms with van der Waals surface area (Å²) >= 11 is 0. The molecule has 3 aromatic heterocycles. The summed E-state index contributed by atoms with van der Waals surface area (Å²) in [7, 11) is 0. The van der Waals surface area contributed by atoms with Crippen LogP contribution in [0.2, 0.25) is 0 Å². The van der Waals surface area contributed by atoms with Gasteiger partial charge < -0.3 is 14.6 Å². The SMILES string of the molecule is CC(=O)N(CC1CC1)c1ccc(-c2ccc(C(=O)NCc3ccc4nccn4c3)cn2)cc1F. The van der Waals surface area contributed by atoms with Crippen LogP contribution in [0.15, 0.2) is 67.3 Å². The summed E-state index contributed by atoms with van der Waals surface area (Å²) in [6, 6.07) is 11.9. The third-order valence-electron chi connectivity index (χ3n) is 5.98. The lowest BCUT2D eigenvalue weighted by atomic mass is 10.1. The van der Waals surface area contributed by atoms with Gasteiger partial charge in [0.1, 0.15) is 11.5 Å². The lowest BCUT2D eigenvalue weighted by molar-refractivity contribution is -0.116. The number of hydrogen-bond donors (Lipinski definition) is 1. The Morgan fingerprint density at radius 2 is 2.00 bits per heavy atom. The van der Waals surface area contributed by atoms with E-state index in [2.05, 4.69) is 15.3 Å². The van der Waals surface area contributed by atoms with E-state index in [1.54, 1.807) is 30.5 Å². The third kappa shape index (κ3) is 4.66. The molecule has 34 heavy (non-hydrogen) atoms. The summed E-state index contributed by atoms with van der Waals surface area (Å²) < 4.78 is 16.8. The van der Waals surface area contributed by atoms with Gasteiger partial charge in [-0.2, -0.15) is 0 Å². The Kier molecular flexibility index (Phi) is 5.79. The molecule has 0 radical (unpaired) electrons. The molecule has 3 heterocycles. The molecule has 0 aliphatic heterocycles. The van der Waals surface area contributed by atoms with E-state index in [0.29, 0.717) is 35.8 Å². The maximum Gasteiger partial charge on any atom is 0.253 e. The molecule has 1 N–H and O–H groups in total. The van der Waals surface area contributed by atoms with E-state index in [0.717, 1.165) is 24.1 Å². The van der Waals surface area contributed by atoms with Crippen LogP contribution in [0.25, 0.3) is 16.9 Å². The molecular formula is C26H24FN5O2. The van der Waals surface area contributed by atoms with Gasteiger partial charge in [-0.1, -0.05) is 12.1 Å². The number of fused-ring (bicyclic) bond motifs is 1. The highest BCUT2D eigenvalue weighted by atomic mass is 19.1. The minimum absolute atomic E-state index is 0.169. The lowest BCUT2D eigenvalue weighted by Gasteiger charge is -2.22. The summed E-state index contributed by atoms with van der Waals surface area (Å²) in [6.07, 6.45) is 9.12. The number of nitrogens with zero attached hydrogens (tertiary/aromatic N) is 4. The highest BCUT2D eigenvalue weighted by Gasteiger charge is 2.27. The van der Waals surface area contributed by atoms with E-state index in [4.69, 9.17) is 0 Å². The van der Waals surface area contributed by atoms with Crippen LogP contribution in [0, 0.1) is 11.7 Å². The number of aromatic nitrogens is 3. The molecule has 1 aromatic carbocycles. The zero-order valence-corrected chi connectivity index (χ0v) is 18.7. The molecule has 172 valence electrons. The molecular weight excluding hydrogens is 433 g/mol. The molecule has 7 nitrogen and oxygen atoms in total. The predicted molar refractivity (Wildman–Crippen MR) is 127 cm³/mol. The molecule has 1 fully saturated rings. The lowest BCUT2D eigenvalue weighted by Crippen LogP contribution is -2.31. The number of anilines is 1. The van der Waals surface area contributed by atoms with Crippen LogP contribution >= 0.6 is 0 Å². The van der Waals surface area contributed by atoms with E-state index in [1.165, 1.54) is 24.1 Å². The number of rotatable bonds is 7. The largest absolute Gasteiger partial charge is 0.348 e. The number of carbonyl (C=O) groups is 2. The number of halogens is 1. The predicted octanol–water partition coefficient (Wildman–Crippen LogP) is 4.23. The van der Waals surface area contributed by atoms with Gasteiger partial charge in [-0.15, -0.1) is 0 Å². The van der Waals surface area contributed by atoms with Gasteiger partial charge in [0.15, 0.2) is 0 Å². The van der Waals surface area contributed by atoms with Crippen LogP contribution in [0.4, 0.5) is 10.1 Å². The number of pyridine rings is 2. The Bertz CT molecular complexity index is 1360. The van der Waals surface area contributed by atoms with Crippen molar-refractivity contribution in [1.82, 2.24) is 19.7 Å². The Morgan fingerprint density at radius 1 is 1.15 bits per heavy atom. The van der Waals surface area contributed by atoms with Crippen molar-refractivity contribution in [3.05, 3.63) is 84.2 Å². The van der Waals surface area contributed by atoms with Gasteiger partial charge in [-0.05, 0) is 54.7 Å². The van der Waals surface area contributed by atoms with Gasteiger partial charge in [-0.25, -0.2) is 9.37 Å². The van der Waals surface area contributed by atoms with E-state index in [-0.39, 0.29) is 17.5 Å². The van der Waals surface area contributed by atoms with Crippen molar-refractivity contribution in [1.29, 1.82) is 0 Å². The molecule has 0 saturated heterocycles. The van der Waals surface area contributed by atoms with Crippen molar-refractivity contribution in [3.8, 4) is 11.3 Å². The first-order valence-corrected chi connectivity index (χ1v) is 11.2. The Hall–Kier alpha value is -4.07. The smallest absolute Gasteiger partial charge is 0.253 e. The van der Waals surface area contributed by atoms with E-state index in [9.17, 15) is 14.0 Å². The summed E-state index contributed by atoms with van der Waals surface area (Å²) in [5.41, 5.74) is 3.61. The number of nitrogens with one attached hydrogen (secondary N) is 1. The normalized spacial score (nSPS) is 13.1. The van der Waals surface area contributed by atoms with E-state index < -0.39 is 5.82 Å². The van der Waals surface area contributed by atoms with Gasteiger partial charge >= 0.3 is 0 Å². The maximum absolute atomic E-state index is 14.9. The fourth-order valence-electron chi connectivity index (χ4n) is 3.89. The average Bonchev–Trinajstić information content (AvgIpc) is 3.55. The first-order valence-electron chi connectivity index (χ1n) is 11.2. The second-order valence-electron chi connectivity index (χ2n) is 8.58. The number of amides is 2. The summed E-state index contributed by atoms with van der Waals surface area (Å²) in [5, 5.41) is 2.88. The van der Waals surface area contributed by atoms with Crippen molar-refractivity contribution in [2.45, 2.75) is 26.3 Å². The summed E-state index contributed by atoms with van der Waals surface area (Å²) in [4.78, 5) is 34.6. The molecule has 0 spiro atoms. The number of imidazole rings is 1. The standard InChI is InChI=1S/C26H24FN5O2/c1-17(33)32(16-18-2-3-18)24-8-6-20(12-22(24)27)23-7-5-21(14-29-23)26(34)30-13-19-4-9-25-28-10-11-31(25)15-19/h4-12,14-15,18H,2-3,13,16H2,1H3,(H,30,34). The number of hydrogen-bond acceptors (Lipinski definition) is 4. The zero-order valence-electron chi connectivity index (χ0n) is 18.7. The van der Waals surface area contributed by atoms with Crippen molar-refractivity contribution >= 4 is 23.1 Å². The minimum atomic E-state index is -0.466. The highest BCUT2D eigenvalue weighted by molar-refractivity contribution is 5.94. The average molecular weight is 458 g/mol. The van der Waals surface area contributed by atoms with Gasteiger partial charge in [0.05, 0.1) is 16.9 Å². The third-order valence-corrected chi connectivity index (χ3v) is 5.98. The van der Waals surface area contributed by atoms with Crippen LogP contribution in [0.3, 0.4) is 0 Å². The topological polar surface area (TPSA) is 79.6 Å². The molecule has 0 unspecified atom stereocenters. The molecule has 1 aliphatic rings. The second kappa shape index (κ2) is 9.05. The zero-order chi connectivity index (χ0) is 23.7. The van der Waals surface area contributed by atoms with Crippen LogP contribution in [0.5, 0.6) is 0 Å². The van der Waals surface area contributed by atoms with Crippen molar-refractivity contribution in [3.63, 3.8) is 0 Å². The minimum Gasteiger partial charge on any atom is -0.348 e. The summed E-state index contributed by atoms with van der Waals surface area (Å²) in [6.45, 7) is 2.37. The van der Waals surface area contributed by atoms with Crippen molar-refractivity contribution in [2.24, 2.45) is 5.92 Å². The fourth-order valence-corrected chi connectivity index (χ4v) is 3.89. The van der Waals surface area contributed by atoms with Gasteiger partial charge in [0.25, 0.3) is 5.91 Å². The first-order chi connectivity index (χ1) is 16.5. The highest BCUT2D eigenvalue weighted by Crippen LogP contribution is 2.33. The molecule has 0 bridgehead atoms. The van der Waals surface area contributed by atoms with Crippen LogP contribution in [-0.2, 0) is 11.3 Å². The monoisotopic (exact) mass is 457 g/mol. The van der Waals surface area contributed by atoms with E-state index in [1.807, 2.05) is 28.9 Å². The molecule has 1 aliphatic carbocycles. The molecule has 2 amide bonds. The quantitative estimate of drug-likeness (QED) is 0.451. The van der Waals surface area contributed by atoms with E-state index >= 15 is 0 Å². The Balaban J connectivity index is 1.26. The van der Waals surface area contributed by atoms with Gasteiger partial charge in [-0.3, -0.25) is 14.6 Å². The van der Waals surface area contributed by atoms with Crippen LogP contribution < -0.4 is 10.2 Å². The maximum atomic E-state index is 14.9. The fraction of sp³-hybridized carbons (Fsp3) is 0.231. The van der Waals surface area contributed by atoms with Crippen molar-refractivity contribution < 1.29 is 14.0 Å². The Labute approximate surface area is 196 Å². The molecule has 4 aromatic rings. The number of carbonyl (C=O) groups excluding carboxylic acids is 2. The van der Waals surface area contributed by atoms with Crippen molar-refractivity contribution in [2.75, 3.05) is 11.4 Å². The second-order valence-corrected chi connectivity index (χ2v) is 8.58. The molecule has 1 saturated carbocycles. The van der Waals surface area contributed by atoms with Gasteiger partial charge in [0.2, 0.25) is 5.91 Å². The van der Waals surface area contributed by atoms with Crippen LogP contribution in [0.1, 0.15) is 35.7 Å². The first kappa shape index (κ1) is 21.8. The number of benzene rings is 1. The molecule has 8 heteroatoms. The van der Waals surface area contributed by atoms with Crippen LogP contribution in [-0.4, -0.2) is 32.7 Å².